The zero-order chi connectivity index (χ0) is 12.5. The third kappa shape index (κ3) is 2.26. The standard InChI is InChI=1S/C13H16N2O3/c14-13(16)12(15-9-2-3-9)8-1-4-10-11(7-8)18-6-5-17-10/h1,4,7,9,12,15H,2-3,5-6H2,(H2,14,16). The zero-order valence-electron chi connectivity index (χ0n) is 10.0. The van der Waals surface area contributed by atoms with Crippen LogP contribution in [0.1, 0.15) is 24.4 Å². The summed E-state index contributed by atoms with van der Waals surface area (Å²) in [6, 6.07) is 5.48. The highest BCUT2D eigenvalue weighted by atomic mass is 16.6. The topological polar surface area (TPSA) is 73.6 Å². The van der Waals surface area contributed by atoms with E-state index in [-0.39, 0.29) is 5.91 Å². The highest BCUT2D eigenvalue weighted by Crippen LogP contribution is 2.33. The Kier molecular flexibility index (Phi) is 2.83. The number of nitrogens with one attached hydrogen (secondary N) is 1. The van der Waals surface area contributed by atoms with Gasteiger partial charge in [0.05, 0.1) is 0 Å². The molecular weight excluding hydrogens is 232 g/mol. The molecule has 18 heavy (non-hydrogen) atoms. The molecule has 1 unspecified atom stereocenters. The van der Waals surface area contributed by atoms with E-state index in [9.17, 15) is 4.79 Å². The smallest absolute Gasteiger partial charge is 0.239 e. The van der Waals surface area contributed by atoms with Crippen LogP contribution in [-0.2, 0) is 4.79 Å². The minimum atomic E-state index is -0.451. The molecule has 0 spiro atoms. The molecule has 2 aliphatic rings. The van der Waals surface area contributed by atoms with Gasteiger partial charge in [0.15, 0.2) is 11.5 Å². The quantitative estimate of drug-likeness (QED) is 0.824. The number of carbonyl (C=O) groups is 1. The van der Waals surface area contributed by atoms with Gasteiger partial charge in [-0.1, -0.05) is 6.07 Å². The van der Waals surface area contributed by atoms with Crippen LogP contribution < -0.4 is 20.5 Å². The van der Waals surface area contributed by atoms with Crippen LogP contribution in [0.25, 0.3) is 0 Å². The molecule has 3 N–H and O–H groups in total. The van der Waals surface area contributed by atoms with Gasteiger partial charge in [0.2, 0.25) is 5.91 Å². The van der Waals surface area contributed by atoms with E-state index in [0.29, 0.717) is 25.0 Å². The van der Waals surface area contributed by atoms with E-state index in [1.807, 2.05) is 18.2 Å². The first kappa shape index (κ1) is 11.3. The molecule has 5 nitrogen and oxygen atoms in total. The summed E-state index contributed by atoms with van der Waals surface area (Å²) in [5.74, 6) is 1.04. The summed E-state index contributed by atoms with van der Waals surface area (Å²) in [6.45, 7) is 1.10. The van der Waals surface area contributed by atoms with Gasteiger partial charge < -0.3 is 15.2 Å². The summed E-state index contributed by atoms with van der Waals surface area (Å²) >= 11 is 0. The first-order chi connectivity index (χ1) is 8.74. The van der Waals surface area contributed by atoms with Gasteiger partial charge in [-0.05, 0) is 30.5 Å². The Labute approximate surface area is 105 Å². The van der Waals surface area contributed by atoms with E-state index in [0.717, 1.165) is 24.2 Å². The maximum atomic E-state index is 11.5. The summed E-state index contributed by atoms with van der Waals surface area (Å²) in [6.07, 6.45) is 2.21. The van der Waals surface area contributed by atoms with Gasteiger partial charge >= 0.3 is 0 Å². The lowest BCUT2D eigenvalue weighted by atomic mass is 10.1. The first-order valence-electron chi connectivity index (χ1n) is 6.19. The van der Waals surface area contributed by atoms with Gasteiger partial charge in [-0.25, -0.2) is 0 Å². The van der Waals surface area contributed by atoms with Gasteiger partial charge in [0.1, 0.15) is 19.3 Å². The fraction of sp³-hybridized carbons (Fsp3) is 0.462. The highest BCUT2D eigenvalue weighted by molar-refractivity contribution is 5.81. The number of rotatable bonds is 4. The lowest BCUT2D eigenvalue weighted by Crippen LogP contribution is -2.35. The van der Waals surface area contributed by atoms with E-state index in [4.69, 9.17) is 15.2 Å². The number of hydrogen-bond acceptors (Lipinski definition) is 4. The Balaban J connectivity index is 1.86. The van der Waals surface area contributed by atoms with E-state index >= 15 is 0 Å². The van der Waals surface area contributed by atoms with Crippen LogP contribution in [0.4, 0.5) is 0 Å². The number of nitrogens with two attached hydrogens (primary N) is 1. The van der Waals surface area contributed by atoms with Gasteiger partial charge in [-0.2, -0.15) is 0 Å². The fourth-order valence-electron chi connectivity index (χ4n) is 2.07. The van der Waals surface area contributed by atoms with Gasteiger partial charge in [0.25, 0.3) is 0 Å². The highest BCUT2D eigenvalue weighted by Gasteiger charge is 2.29. The van der Waals surface area contributed by atoms with Gasteiger partial charge in [-0.3, -0.25) is 10.1 Å². The third-order valence-corrected chi connectivity index (χ3v) is 3.16. The van der Waals surface area contributed by atoms with Crippen molar-refractivity contribution in [1.29, 1.82) is 0 Å². The molecule has 1 fully saturated rings. The summed E-state index contributed by atoms with van der Waals surface area (Å²) in [5, 5.41) is 3.24. The number of benzene rings is 1. The monoisotopic (exact) mass is 248 g/mol. The normalized spacial score (nSPS) is 19.3. The summed E-state index contributed by atoms with van der Waals surface area (Å²) in [7, 11) is 0. The minimum absolute atomic E-state index is 0.362. The van der Waals surface area contributed by atoms with Crippen LogP contribution in [0.2, 0.25) is 0 Å². The Bertz CT molecular complexity index is 471. The van der Waals surface area contributed by atoms with Crippen LogP contribution in [0.5, 0.6) is 11.5 Å². The maximum absolute atomic E-state index is 11.5. The predicted octanol–water partition coefficient (Wildman–Crippen LogP) is 0.736. The van der Waals surface area contributed by atoms with Crippen LogP contribution in [0, 0.1) is 0 Å². The molecule has 3 rings (SSSR count). The molecule has 0 bridgehead atoms. The second-order valence-electron chi connectivity index (χ2n) is 4.68. The number of ether oxygens (including phenoxy) is 2. The van der Waals surface area contributed by atoms with Crippen molar-refractivity contribution >= 4 is 5.91 Å². The summed E-state index contributed by atoms with van der Waals surface area (Å²) in [4.78, 5) is 11.5. The van der Waals surface area contributed by atoms with Crippen LogP contribution in [-0.4, -0.2) is 25.2 Å². The van der Waals surface area contributed by atoms with Crippen LogP contribution in [0.15, 0.2) is 18.2 Å². The molecule has 1 amide bonds. The first-order valence-corrected chi connectivity index (χ1v) is 6.19. The minimum Gasteiger partial charge on any atom is -0.486 e. The third-order valence-electron chi connectivity index (χ3n) is 3.16. The molecule has 5 heteroatoms. The van der Waals surface area contributed by atoms with Crippen LogP contribution >= 0.6 is 0 Å². The maximum Gasteiger partial charge on any atom is 0.239 e. The molecule has 1 aliphatic heterocycles. The van der Waals surface area contributed by atoms with Gasteiger partial charge in [0, 0.05) is 6.04 Å². The van der Waals surface area contributed by atoms with Crippen molar-refractivity contribution < 1.29 is 14.3 Å². The average molecular weight is 248 g/mol. The Morgan fingerprint density at radius 1 is 1.28 bits per heavy atom. The van der Waals surface area contributed by atoms with E-state index in [1.54, 1.807) is 0 Å². The molecule has 1 atom stereocenters. The average Bonchev–Trinajstić information content (AvgIpc) is 3.19. The molecule has 1 aromatic rings. The van der Waals surface area contributed by atoms with Crippen molar-refractivity contribution in [1.82, 2.24) is 5.32 Å². The lowest BCUT2D eigenvalue weighted by Gasteiger charge is -2.21. The van der Waals surface area contributed by atoms with Crippen molar-refractivity contribution in [3.05, 3.63) is 23.8 Å². The lowest BCUT2D eigenvalue weighted by molar-refractivity contribution is -0.120. The Morgan fingerprint density at radius 3 is 2.67 bits per heavy atom. The zero-order valence-corrected chi connectivity index (χ0v) is 10.0. The van der Waals surface area contributed by atoms with Gasteiger partial charge in [-0.15, -0.1) is 0 Å². The molecule has 1 aliphatic carbocycles. The number of hydrogen-bond donors (Lipinski definition) is 2. The number of carbonyl (C=O) groups excluding carboxylic acids is 1. The number of primary amides is 1. The number of fused-ring (bicyclic) bond motifs is 1. The fourth-order valence-corrected chi connectivity index (χ4v) is 2.07. The Morgan fingerprint density at radius 2 is 2.00 bits per heavy atom. The molecule has 0 aromatic heterocycles. The van der Waals surface area contributed by atoms with Crippen molar-refractivity contribution in [2.24, 2.45) is 5.73 Å². The molecule has 1 heterocycles. The van der Waals surface area contributed by atoms with Crippen molar-refractivity contribution in [2.75, 3.05) is 13.2 Å². The van der Waals surface area contributed by atoms with Crippen molar-refractivity contribution in [3.8, 4) is 11.5 Å². The summed E-state index contributed by atoms with van der Waals surface area (Å²) < 4.78 is 11.0. The van der Waals surface area contributed by atoms with Crippen molar-refractivity contribution in [3.63, 3.8) is 0 Å². The molecule has 96 valence electrons. The molecular formula is C13H16N2O3. The van der Waals surface area contributed by atoms with E-state index in [2.05, 4.69) is 5.32 Å². The SMILES string of the molecule is NC(=O)C(NC1CC1)c1ccc2c(c1)OCCO2. The summed E-state index contributed by atoms with van der Waals surface area (Å²) in [5.41, 5.74) is 6.28. The van der Waals surface area contributed by atoms with E-state index < -0.39 is 6.04 Å². The number of amides is 1. The van der Waals surface area contributed by atoms with Crippen molar-refractivity contribution in [2.45, 2.75) is 24.9 Å². The van der Waals surface area contributed by atoms with E-state index in [1.165, 1.54) is 0 Å². The van der Waals surface area contributed by atoms with Crippen LogP contribution in [0.3, 0.4) is 0 Å². The second kappa shape index (κ2) is 4.49. The largest absolute Gasteiger partial charge is 0.486 e. The Hall–Kier alpha value is -1.75. The molecule has 1 saturated carbocycles. The molecule has 0 saturated heterocycles. The molecule has 1 aromatic carbocycles. The predicted molar refractivity (Wildman–Crippen MR) is 65.5 cm³/mol. The molecule has 0 radical (unpaired) electrons. The second-order valence-corrected chi connectivity index (χ2v) is 4.68.